The van der Waals surface area contributed by atoms with Gasteiger partial charge in [0.1, 0.15) is 98.6 Å². The molecule has 8 aliphatic rings. The van der Waals surface area contributed by atoms with Crippen LogP contribution < -0.4 is 75.8 Å². The van der Waals surface area contributed by atoms with Gasteiger partial charge in [0.15, 0.2) is 0 Å². The van der Waals surface area contributed by atoms with Crippen LogP contribution in [0.1, 0.15) is 366 Å². The van der Waals surface area contributed by atoms with E-state index in [1.807, 2.05) is 194 Å². The summed E-state index contributed by atoms with van der Waals surface area (Å²) in [7, 11) is 0. The molecule has 0 aromatic heterocycles. The van der Waals surface area contributed by atoms with E-state index in [0.717, 1.165) is 277 Å². The molecular weight excluding hydrogens is 1810 g/mol. The number of hydrogen-bond acceptors (Lipinski definition) is 17. The van der Waals surface area contributed by atoms with Crippen molar-refractivity contribution in [3.8, 4) is 92.0 Å². The van der Waals surface area contributed by atoms with Crippen molar-refractivity contribution in [2.75, 3.05) is 79.3 Å². The van der Waals surface area contributed by atoms with Gasteiger partial charge in [-0.2, -0.15) is 0 Å². The molecule has 8 fully saturated rings. The standard InChI is InChI=1S/C18H28O2.C17H26O3.2C17H26O2.2C16H24O2.C14H20O2.C13H18O2/c1-2-13-19-17-11-8-12-18(14-17)20-15-16-9-6-4-3-5-7-10-16;1-2-12-19-15-8-7-9-16(13-15)20-14-17(18)10-5-3-4-6-11-17;2*1-3-14(2)19-17-11-7-10-16(12-17)18-13-15-8-5-4-6-9-15;2*1-3-13(2)18-16-10-6-9-15(11-16)17-12-14-7-4-5-8-14;1-2-9-15-13-7-4-8-14(10-13)16-11-12-5-3-6-12;1-2-8-14-12-4-3-5-13(9-12)15-10-11-6-7-11/h8,11-12,14,16H,2-7,9-10,13,15H2,1H3;7-9,13,18H,2-6,10-12,14H2,1H3;2*7,10-12,14-15H,3-6,8-9,13H2,1-2H3;2*6,9-11,13-14H,3-5,7-8,12H2,1-2H3;4,7-8,10,12H,2-3,5-6,9,11H2,1H3;3-5,9,11H,2,6-8,10H2,1H3/t;;2*14-;2*13-;;/m..1010../s1. The summed E-state index contributed by atoms with van der Waals surface area (Å²) in [6.45, 7) is 34.7. The van der Waals surface area contributed by atoms with Gasteiger partial charge in [0.25, 0.3) is 0 Å². The van der Waals surface area contributed by atoms with Gasteiger partial charge in [0.05, 0.1) is 103 Å². The molecule has 8 aromatic carbocycles. The molecule has 806 valence electrons. The first-order valence-electron chi connectivity index (χ1n) is 57.7. The zero-order chi connectivity index (χ0) is 103. The lowest BCUT2D eigenvalue weighted by molar-refractivity contribution is -0.0174. The molecule has 0 radical (unpaired) electrons. The number of hydrogen-bond donors (Lipinski definition) is 1. The minimum atomic E-state index is -0.656. The van der Waals surface area contributed by atoms with Crippen LogP contribution in [0.5, 0.6) is 92.0 Å². The molecule has 0 unspecified atom stereocenters. The molecule has 0 spiro atoms. The van der Waals surface area contributed by atoms with Crippen molar-refractivity contribution in [3.63, 3.8) is 0 Å². The Balaban J connectivity index is 0.000000185. The van der Waals surface area contributed by atoms with Gasteiger partial charge in [-0.15, -0.1) is 0 Å². The Hall–Kier alpha value is -9.48. The highest BCUT2D eigenvalue weighted by molar-refractivity contribution is 5.39. The average molecular weight is 2000 g/mol. The molecule has 1 N–H and O–H groups in total. The van der Waals surface area contributed by atoms with Crippen LogP contribution in [0.15, 0.2) is 194 Å². The lowest BCUT2D eigenvalue weighted by Gasteiger charge is -2.26. The molecule has 17 heteroatoms. The van der Waals surface area contributed by atoms with Crippen LogP contribution >= 0.6 is 0 Å². The van der Waals surface area contributed by atoms with Crippen LogP contribution in [0.4, 0.5) is 0 Å². The molecule has 0 saturated heterocycles. The first-order valence-corrected chi connectivity index (χ1v) is 57.7. The quantitative estimate of drug-likeness (QED) is 0.0357. The van der Waals surface area contributed by atoms with E-state index < -0.39 is 5.60 Å². The van der Waals surface area contributed by atoms with E-state index in [4.69, 9.17) is 75.8 Å². The second kappa shape index (κ2) is 72.8. The van der Waals surface area contributed by atoms with E-state index in [0.29, 0.717) is 13.2 Å². The highest BCUT2D eigenvalue weighted by Crippen LogP contribution is 2.37. The molecule has 8 aliphatic carbocycles. The van der Waals surface area contributed by atoms with E-state index in [1.54, 1.807) is 0 Å². The summed E-state index contributed by atoms with van der Waals surface area (Å²) < 4.78 is 92.3. The minimum absolute atomic E-state index is 0.258. The predicted octanol–water partition coefficient (Wildman–Crippen LogP) is 34.6. The maximum absolute atomic E-state index is 10.6. The average Bonchev–Trinajstić information content (AvgIpc) is 1.78. The molecule has 0 heterocycles. The largest absolute Gasteiger partial charge is 0.493 e. The topological polar surface area (TPSA) is 168 Å². The molecule has 4 atom stereocenters. The lowest BCUT2D eigenvalue weighted by atomic mass is 9.86. The van der Waals surface area contributed by atoms with Gasteiger partial charge in [-0.05, 0) is 320 Å². The van der Waals surface area contributed by atoms with E-state index in [1.165, 1.54) is 205 Å². The van der Waals surface area contributed by atoms with Gasteiger partial charge < -0.3 is 80.9 Å². The van der Waals surface area contributed by atoms with Crippen molar-refractivity contribution in [2.24, 2.45) is 41.4 Å². The summed E-state index contributed by atoms with van der Waals surface area (Å²) >= 11 is 0. The van der Waals surface area contributed by atoms with Crippen molar-refractivity contribution in [1.82, 2.24) is 0 Å². The van der Waals surface area contributed by atoms with E-state index >= 15 is 0 Å². The Morgan fingerprint density at radius 1 is 0.207 bits per heavy atom. The van der Waals surface area contributed by atoms with Crippen molar-refractivity contribution in [1.29, 1.82) is 0 Å². The Kier molecular flexibility index (Phi) is 59.8. The number of ether oxygens (including phenoxy) is 16. The summed E-state index contributed by atoms with van der Waals surface area (Å²) in [5, 5.41) is 10.6. The Bertz CT molecular complexity index is 4400. The van der Waals surface area contributed by atoms with Gasteiger partial charge in [-0.25, -0.2) is 0 Å². The van der Waals surface area contributed by atoms with Crippen molar-refractivity contribution in [3.05, 3.63) is 194 Å². The van der Waals surface area contributed by atoms with Crippen LogP contribution in [-0.4, -0.2) is 114 Å². The maximum atomic E-state index is 10.6. The fraction of sp³-hybridized carbons (Fsp3) is 0.625. The Morgan fingerprint density at radius 2 is 0.372 bits per heavy atom. The van der Waals surface area contributed by atoms with Gasteiger partial charge in [0, 0.05) is 48.5 Å². The van der Waals surface area contributed by atoms with Crippen LogP contribution in [0.2, 0.25) is 0 Å². The minimum Gasteiger partial charge on any atom is -0.493 e. The smallest absolute Gasteiger partial charge is 0.123 e. The molecular formula is C128H192O17. The van der Waals surface area contributed by atoms with Gasteiger partial charge >= 0.3 is 0 Å². The molecule has 0 bridgehead atoms. The second-order valence-corrected chi connectivity index (χ2v) is 41.9. The van der Waals surface area contributed by atoms with E-state index in [9.17, 15) is 5.11 Å². The van der Waals surface area contributed by atoms with E-state index in [-0.39, 0.29) is 24.4 Å². The number of benzene rings is 8. The molecule has 0 aliphatic heterocycles. The summed E-state index contributed by atoms with van der Waals surface area (Å²) in [6, 6.07) is 63.7. The summed E-state index contributed by atoms with van der Waals surface area (Å²) in [6.07, 6.45) is 56.1. The third kappa shape index (κ3) is 52.8. The predicted molar refractivity (Wildman–Crippen MR) is 596 cm³/mol. The Morgan fingerprint density at radius 3 is 0.572 bits per heavy atom. The van der Waals surface area contributed by atoms with Crippen LogP contribution in [0.3, 0.4) is 0 Å². The van der Waals surface area contributed by atoms with Crippen molar-refractivity contribution < 1.29 is 80.9 Å². The highest BCUT2D eigenvalue weighted by atomic mass is 16.5. The zero-order valence-corrected chi connectivity index (χ0v) is 91.9. The maximum Gasteiger partial charge on any atom is 0.123 e. The van der Waals surface area contributed by atoms with Crippen LogP contribution in [-0.2, 0) is 0 Å². The molecule has 0 amide bonds. The fourth-order valence-corrected chi connectivity index (χ4v) is 18.3. The summed E-state index contributed by atoms with van der Waals surface area (Å²) in [5.74, 6) is 19.8. The molecule has 145 heavy (non-hydrogen) atoms. The molecule has 16 rings (SSSR count). The molecule has 8 saturated carbocycles. The van der Waals surface area contributed by atoms with Gasteiger partial charge in [-0.3, -0.25) is 0 Å². The van der Waals surface area contributed by atoms with Crippen molar-refractivity contribution in [2.45, 2.75) is 396 Å². The van der Waals surface area contributed by atoms with Crippen LogP contribution in [0.25, 0.3) is 0 Å². The Labute approximate surface area is 878 Å². The third-order valence-corrected chi connectivity index (χ3v) is 28.5. The monoisotopic (exact) mass is 2000 g/mol. The van der Waals surface area contributed by atoms with Crippen molar-refractivity contribution >= 4 is 0 Å². The first kappa shape index (κ1) is 119. The SMILES string of the molecule is CCCOc1cccc(OCC2(O)CCCCCC2)c1.CCCOc1cccc(OCC2CC2)c1.CCCOc1cccc(OCC2CCC2)c1.CCCOc1cccc(OCC2CCCCCCC2)c1.CC[C@@H](C)Oc1cccc(OCC2CCCC2)c1.CC[C@@H](C)Oc1cccc(OCC2CCCCC2)c1.CC[C@H](C)Oc1cccc(OCC2CCCC2)c1.CC[C@H](C)Oc1cccc(OCC2CCCCC2)c1. The fourth-order valence-electron chi connectivity index (χ4n) is 18.3. The molecule has 17 nitrogen and oxygen atoms in total. The van der Waals surface area contributed by atoms with E-state index in [2.05, 4.69) is 83.1 Å². The zero-order valence-electron chi connectivity index (χ0n) is 91.9. The van der Waals surface area contributed by atoms with Gasteiger partial charge in [0.2, 0.25) is 0 Å². The number of aliphatic hydroxyl groups is 1. The number of rotatable bonds is 48. The van der Waals surface area contributed by atoms with Crippen LogP contribution in [0, 0.1) is 41.4 Å². The first-order chi connectivity index (χ1) is 71.0. The molecule has 8 aromatic rings. The summed E-state index contributed by atoms with van der Waals surface area (Å²) in [4.78, 5) is 0. The normalized spacial score (nSPS) is 17.3. The van der Waals surface area contributed by atoms with Gasteiger partial charge in [-0.1, -0.05) is 232 Å². The highest BCUT2D eigenvalue weighted by Gasteiger charge is 2.30. The lowest BCUT2D eigenvalue weighted by Crippen LogP contribution is -2.35. The second-order valence-electron chi connectivity index (χ2n) is 41.9. The third-order valence-electron chi connectivity index (χ3n) is 28.5. The summed E-state index contributed by atoms with van der Waals surface area (Å²) in [5.41, 5.74) is -0.656.